The van der Waals surface area contributed by atoms with Gasteiger partial charge in [-0.2, -0.15) is 0 Å². The van der Waals surface area contributed by atoms with E-state index in [2.05, 4.69) is 0 Å². The van der Waals surface area contributed by atoms with Crippen molar-refractivity contribution in [3.63, 3.8) is 0 Å². The third-order valence-electron chi connectivity index (χ3n) is 3.11. The molecule has 7 nitrogen and oxygen atoms in total. The molecule has 0 spiro atoms. The van der Waals surface area contributed by atoms with Gasteiger partial charge in [0, 0.05) is 13.1 Å². The summed E-state index contributed by atoms with van der Waals surface area (Å²) in [6.07, 6.45) is -0.567. The highest BCUT2D eigenvalue weighted by atomic mass is 16.6. The number of rotatable bonds is 4. The molecule has 7 heteroatoms. The first kappa shape index (κ1) is 14.8. The van der Waals surface area contributed by atoms with Crippen LogP contribution >= 0.6 is 0 Å². The molecule has 1 N–H and O–H groups in total. The smallest absolute Gasteiger partial charge is 0.410 e. The zero-order chi connectivity index (χ0) is 15.2. The summed E-state index contributed by atoms with van der Waals surface area (Å²) in [6, 6.07) is 9.23. The van der Waals surface area contributed by atoms with Crippen LogP contribution in [0.15, 0.2) is 30.3 Å². The van der Waals surface area contributed by atoms with Gasteiger partial charge in [0.1, 0.15) is 19.7 Å². The second-order valence-electron chi connectivity index (χ2n) is 4.67. The first-order valence-corrected chi connectivity index (χ1v) is 6.51. The molecule has 0 unspecified atom stereocenters. The van der Waals surface area contributed by atoms with Crippen LogP contribution in [0.1, 0.15) is 5.56 Å². The van der Waals surface area contributed by atoms with E-state index in [0.29, 0.717) is 0 Å². The zero-order valence-electron chi connectivity index (χ0n) is 11.4. The van der Waals surface area contributed by atoms with E-state index in [1.807, 2.05) is 30.3 Å². The van der Waals surface area contributed by atoms with E-state index in [4.69, 9.17) is 9.84 Å². The molecule has 1 aromatic carbocycles. The molecule has 112 valence electrons. The third-order valence-corrected chi connectivity index (χ3v) is 3.11. The molecule has 0 aromatic heterocycles. The number of hydrogen-bond acceptors (Lipinski definition) is 4. The average molecular weight is 292 g/mol. The molecular formula is C14H16N2O5. The Bertz CT molecular complexity index is 531. The normalized spacial score (nSPS) is 15.0. The second-order valence-corrected chi connectivity index (χ2v) is 4.67. The van der Waals surface area contributed by atoms with Gasteiger partial charge in [0.25, 0.3) is 0 Å². The summed E-state index contributed by atoms with van der Waals surface area (Å²) in [6.45, 7) is 0.119. The molecule has 1 fully saturated rings. The molecule has 1 aromatic rings. The average Bonchev–Trinajstić information content (AvgIpc) is 2.47. The molecule has 1 aliphatic rings. The van der Waals surface area contributed by atoms with Crippen molar-refractivity contribution < 1.29 is 24.2 Å². The number of carbonyl (C=O) groups excluding carboxylic acids is 2. The standard InChI is InChI=1S/C14H16N2O5/c17-12-8-16(7-6-15(12)9-13(18)19)14(20)21-10-11-4-2-1-3-5-11/h1-5H,6-10H2,(H,18,19). The van der Waals surface area contributed by atoms with Gasteiger partial charge in [0.15, 0.2) is 0 Å². The van der Waals surface area contributed by atoms with E-state index in [0.717, 1.165) is 5.56 Å². The fraction of sp³-hybridized carbons (Fsp3) is 0.357. The Morgan fingerprint density at radius 1 is 1.19 bits per heavy atom. The number of nitrogens with zero attached hydrogens (tertiary/aromatic N) is 2. The molecular weight excluding hydrogens is 276 g/mol. The Balaban J connectivity index is 1.82. The highest BCUT2D eigenvalue weighted by Gasteiger charge is 2.28. The lowest BCUT2D eigenvalue weighted by atomic mass is 10.2. The van der Waals surface area contributed by atoms with E-state index in [9.17, 15) is 14.4 Å². The van der Waals surface area contributed by atoms with E-state index in [1.54, 1.807) is 0 Å². The van der Waals surface area contributed by atoms with Gasteiger partial charge in [-0.05, 0) is 5.56 Å². The van der Waals surface area contributed by atoms with Crippen LogP contribution in [0.5, 0.6) is 0 Å². The van der Waals surface area contributed by atoms with Crippen molar-refractivity contribution in [2.75, 3.05) is 26.2 Å². The molecule has 0 atom stereocenters. The summed E-state index contributed by atoms with van der Waals surface area (Å²) < 4.78 is 5.13. The summed E-state index contributed by atoms with van der Waals surface area (Å²) in [7, 11) is 0. The van der Waals surface area contributed by atoms with Crippen molar-refractivity contribution >= 4 is 18.0 Å². The Hall–Kier alpha value is -2.57. The van der Waals surface area contributed by atoms with Crippen LogP contribution in [-0.4, -0.2) is 59.1 Å². The Kier molecular flexibility index (Phi) is 4.76. The van der Waals surface area contributed by atoms with E-state index in [1.165, 1.54) is 9.80 Å². The minimum absolute atomic E-state index is 0.142. The zero-order valence-corrected chi connectivity index (χ0v) is 11.4. The number of ether oxygens (including phenoxy) is 1. The number of piperazine rings is 1. The predicted octanol–water partition coefficient (Wildman–Crippen LogP) is 0.552. The minimum atomic E-state index is -1.07. The minimum Gasteiger partial charge on any atom is -0.480 e. The summed E-state index contributed by atoms with van der Waals surface area (Å²) >= 11 is 0. The highest BCUT2D eigenvalue weighted by Crippen LogP contribution is 2.07. The highest BCUT2D eigenvalue weighted by molar-refractivity contribution is 5.86. The van der Waals surface area contributed by atoms with Gasteiger partial charge in [-0.15, -0.1) is 0 Å². The van der Waals surface area contributed by atoms with E-state index >= 15 is 0 Å². The van der Waals surface area contributed by atoms with Gasteiger partial charge in [0.2, 0.25) is 5.91 Å². The number of hydrogen-bond donors (Lipinski definition) is 1. The molecule has 0 bridgehead atoms. The lowest BCUT2D eigenvalue weighted by Gasteiger charge is -2.32. The van der Waals surface area contributed by atoms with Gasteiger partial charge in [-0.25, -0.2) is 4.79 Å². The number of amides is 2. The molecule has 1 heterocycles. The van der Waals surface area contributed by atoms with Gasteiger partial charge < -0.3 is 14.7 Å². The van der Waals surface area contributed by atoms with Crippen molar-refractivity contribution in [2.45, 2.75) is 6.61 Å². The Morgan fingerprint density at radius 3 is 2.52 bits per heavy atom. The maximum atomic E-state index is 11.9. The molecule has 1 saturated heterocycles. The molecule has 0 saturated carbocycles. The summed E-state index contributed by atoms with van der Waals surface area (Å²) in [5, 5.41) is 8.67. The van der Waals surface area contributed by atoms with Crippen LogP contribution in [0.2, 0.25) is 0 Å². The van der Waals surface area contributed by atoms with Crippen LogP contribution in [0.4, 0.5) is 4.79 Å². The van der Waals surface area contributed by atoms with Crippen LogP contribution in [-0.2, 0) is 20.9 Å². The number of carbonyl (C=O) groups is 3. The van der Waals surface area contributed by atoms with Crippen molar-refractivity contribution in [2.24, 2.45) is 0 Å². The van der Waals surface area contributed by atoms with Crippen molar-refractivity contribution in [3.8, 4) is 0 Å². The molecule has 0 radical (unpaired) electrons. The first-order valence-electron chi connectivity index (χ1n) is 6.51. The molecule has 0 aliphatic carbocycles. The van der Waals surface area contributed by atoms with E-state index < -0.39 is 12.1 Å². The maximum absolute atomic E-state index is 11.9. The van der Waals surface area contributed by atoms with Crippen LogP contribution < -0.4 is 0 Å². The van der Waals surface area contributed by atoms with Crippen molar-refractivity contribution in [1.29, 1.82) is 0 Å². The number of carboxylic acids is 1. The number of aliphatic carboxylic acids is 1. The first-order chi connectivity index (χ1) is 10.1. The summed E-state index contributed by atoms with van der Waals surface area (Å²) in [5.41, 5.74) is 0.863. The largest absolute Gasteiger partial charge is 0.480 e. The lowest BCUT2D eigenvalue weighted by Crippen LogP contribution is -2.53. The summed E-state index contributed by atoms with van der Waals surface area (Å²) in [5.74, 6) is -1.45. The monoisotopic (exact) mass is 292 g/mol. The van der Waals surface area contributed by atoms with E-state index in [-0.39, 0.29) is 38.7 Å². The SMILES string of the molecule is O=C(O)CN1CCN(C(=O)OCc2ccccc2)CC1=O. The van der Waals surface area contributed by atoms with Crippen LogP contribution in [0.3, 0.4) is 0 Å². The third kappa shape index (κ3) is 4.20. The molecule has 21 heavy (non-hydrogen) atoms. The fourth-order valence-electron chi connectivity index (χ4n) is 2.01. The molecule has 2 amide bonds. The second kappa shape index (κ2) is 6.74. The van der Waals surface area contributed by atoms with Crippen LogP contribution in [0.25, 0.3) is 0 Å². The van der Waals surface area contributed by atoms with Crippen LogP contribution in [0, 0.1) is 0 Å². The van der Waals surface area contributed by atoms with Crippen molar-refractivity contribution in [1.82, 2.24) is 9.80 Å². The van der Waals surface area contributed by atoms with Gasteiger partial charge >= 0.3 is 12.1 Å². The van der Waals surface area contributed by atoms with Gasteiger partial charge in [-0.1, -0.05) is 30.3 Å². The maximum Gasteiger partial charge on any atom is 0.410 e. The Morgan fingerprint density at radius 2 is 1.90 bits per heavy atom. The van der Waals surface area contributed by atoms with Gasteiger partial charge in [-0.3, -0.25) is 14.5 Å². The lowest BCUT2D eigenvalue weighted by molar-refractivity contribution is -0.146. The quantitative estimate of drug-likeness (QED) is 0.875. The fourth-order valence-corrected chi connectivity index (χ4v) is 2.01. The summed E-state index contributed by atoms with van der Waals surface area (Å²) in [4.78, 5) is 36.7. The topological polar surface area (TPSA) is 87.2 Å². The predicted molar refractivity (Wildman–Crippen MR) is 72.4 cm³/mol. The number of benzene rings is 1. The molecule has 2 rings (SSSR count). The van der Waals surface area contributed by atoms with Gasteiger partial charge in [0.05, 0.1) is 0 Å². The number of carboxylic acid groups (broad SMARTS) is 1. The van der Waals surface area contributed by atoms with Crippen molar-refractivity contribution in [3.05, 3.63) is 35.9 Å². The Labute approximate surface area is 121 Å². The molecule has 1 aliphatic heterocycles.